The summed E-state index contributed by atoms with van der Waals surface area (Å²) < 4.78 is 5.28. The first-order valence-corrected chi connectivity index (χ1v) is 6.13. The molecule has 1 saturated carbocycles. The quantitative estimate of drug-likeness (QED) is 0.818. The first kappa shape index (κ1) is 10.2. The predicted molar refractivity (Wildman–Crippen MR) is 58.8 cm³/mol. The van der Waals surface area contributed by atoms with Crippen LogP contribution in [0.3, 0.4) is 0 Å². The second-order valence-electron chi connectivity index (χ2n) is 4.82. The molecule has 0 radical (unpaired) electrons. The fourth-order valence-corrected chi connectivity index (χ4v) is 2.38. The van der Waals surface area contributed by atoms with Gasteiger partial charge in [-0.15, -0.1) is 0 Å². The van der Waals surface area contributed by atoms with Crippen molar-refractivity contribution >= 4 is 0 Å². The van der Waals surface area contributed by atoms with Gasteiger partial charge in [-0.25, -0.2) is 0 Å². The molecule has 2 N–H and O–H groups in total. The number of nitrogens with zero attached hydrogens (tertiary/aromatic N) is 3. The van der Waals surface area contributed by atoms with E-state index in [4.69, 9.17) is 10.3 Å². The molecule has 1 aliphatic carbocycles. The van der Waals surface area contributed by atoms with E-state index in [1.54, 1.807) is 0 Å². The molecule has 5 heteroatoms. The molecule has 0 aromatic carbocycles. The zero-order chi connectivity index (χ0) is 11.0. The number of rotatable bonds is 4. The van der Waals surface area contributed by atoms with E-state index in [2.05, 4.69) is 15.0 Å². The van der Waals surface area contributed by atoms with Crippen LogP contribution in [-0.4, -0.2) is 34.2 Å². The lowest BCUT2D eigenvalue weighted by Gasteiger charge is -2.20. The summed E-state index contributed by atoms with van der Waals surface area (Å²) >= 11 is 0. The highest BCUT2D eigenvalue weighted by Gasteiger charge is 2.30. The Bertz CT molecular complexity index is 361. The molecule has 2 aliphatic rings. The molecule has 1 aliphatic heterocycles. The van der Waals surface area contributed by atoms with Crippen molar-refractivity contribution in [1.82, 2.24) is 15.0 Å². The monoisotopic (exact) mass is 222 g/mol. The van der Waals surface area contributed by atoms with Crippen molar-refractivity contribution in [2.45, 2.75) is 44.2 Å². The van der Waals surface area contributed by atoms with Crippen molar-refractivity contribution in [3.05, 3.63) is 11.7 Å². The fourth-order valence-electron chi connectivity index (χ4n) is 2.38. The fraction of sp³-hybridized carbons (Fsp3) is 0.818. The third kappa shape index (κ3) is 1.97. The number of hydrogen-bond acceptors (Lipinski definition) is 5. The second-order valence-corrected chi connectivity index (χ2v) is 4.82. The van der Waals surface area contributed by atoms with Crippen molar-refractivity contribution in [3.63, 3.8) is 0 Å². The Hall–Kier alpha value is -0.940. The maximum Gasteiger partial charge on any atom is 0.240 e. The molecule has 0 spiro atoms. The Labute approximate surface area is 95.0 Å². The molecule has 1 saturated heterocycles. The summed E-state index contributed by atoms with van der Waals surface area (Å²) in [5.74, 6) is 2.22. The van der Waals surface area contributed by atoms with Crippen LogP contribution in [0.4, 0.5) is 0 Å². The van der Waals surface area contributed by atoms with Crippen molar-refractivity contribution < 1.29 is 4.52 Å². The molecule has 16 heavy (non-hydrogen) atoms. The molecule has 1 atom stereocenters. The third-order valence-electron chi connectivity index (χ3n) is 3.54. The lowest BCUT2D eigenvalue weighted by Crippen LogP contribution is -2.34. The van der Waals surface area contributed by atoms with Crippen molar-refractivity contribution in [2.75, 3.05) is 13.1 Å². The van der Waals surface area contributed by atoms with Crippen LogP contribution in [0.25, 0.3) is 0 Å². The average molecular weight is 222 g/mol. The van der Waals surface area contributed by atoms with Crippen LogP contribution in [0.1, 0.15) is 43.3 Å². The van der Waals surface area contributed by atoms with Crippen LogP contribution >= 0.6 is 0 Å². The number of nitrogens with two attached hydrogens (primary N) is 1. The summed E-state index contributed by atoms with van der Waals surface area (Å²) in [6, 6.07) is 0.497. The van der Waals surface area contributed by atoms with E-state index in [0.717, 1.165) is 31.3 Å². The smallest absolute Gasteiger partial charge is 0.240 e. The summed E-state index contributed by atoms with van der Waals surface area (Å²) in [6.45, 7) is 2.59. The van der Waals surface area contributed by atoms with Gasteiger partial charge < -0.3 is 10.3 Å². The second kappa shape index (κ2) is 4.14. The van der Waals surface area contributed by atoms with E-state index >= 15 is 0 Å². The first-order valence-electron chi connectivity index (χ1n) is 6.13. The van der Waals surface area contributed by atoms with Crippen LogP contribution in [0.15, 0.2) is 4.52 Å². The molecule has 2 fully saturated rings. The summed E-state index contributed by atoms with van der Waals surface area (Å²) in [4.78, 5) is 6.80. The van der Waals surface area contributed by atoms with Gasteiger partial charge in [-0.3, -0.25) is 4.90 Å². The lowest BCUT2D eigenvalue weighted by molar-refractivity contribution is 0.214. The maximum atomic E-state index is 5.73. The normalized spacial score (nSPS) is 26.4. The number of aromatic nitrogens is 2. The van der Waals surface area contributed by atoms with Gasteiger partial charge in [-0.05, 0) is 32.2 Å². The molecular weight excluding hydrogens is 204 g/mol. The van der Waals surface area contributed by atoms with E-state index in [1.165, 1.54) is 25.7 Å². The van der Waals surface area contributed by atoms with E-state index in [0.29, 0.717) is 12.0 Å². The highest BCUT2D eigenvalue weighted by Crippen LogP contribution is 2.38. The molecule has 5 nitrogen and oxygen atoms in total. The highest BCUT2D eigenvalue weighted by atomic mass is 16.5. The van der Waals surface area contributed by atoms with Gasteiger partial charge in [0.1, 0.15) is 0 Å². The summed E-state index contributed by atoms with van der Waals surface area (Å²) in [6.07, 6.45) is 4.85. The summed E-state index contributed by atoms with van der Waals surface area (Å²) in [7, 11) is 0. The van der Waals surface area contributed by atoms with Gasteiger partial charge >= 0.3 is 0 Å². The van der Waals surface area contributed by atoms with Gasteiger partial charge in [0.2, 0.25) is 5.89 Å². The summed E-state index contributed by atoms with van der Waals surface area (Å²) in [5.41, 5.74) is 5.73. The van der Waals surface area contributed by atoms with Crippen molar-refractivity contribution in [3.8, 4) is 0 Å². The Morgan fingerprint density at radius 3 is 3.00 bits per heavy atom. The van der Waals surface area contributed by atoms with Crippen LogP contribution in [0.2, 0.25) is 0 Å². The minimum Gasteiger partial charge on any atom is -0.338 e. The third-order valence-corrected chi connectivity index (χ3v) is 3.54. The van der Waals surface area contributed by atoms with E-state index in [-0.39, 0.29) is 0 Å². The van der Waals surface area contributed by atoms with Crippen LogP contribution in [0, 0.1) is 0 Å². The highest BCUT2D eigenvalue weighted by molar-refractivity contribution is 5.03. The molecule has 2 heterocycles. The van der Waals surface area contributed by atoms with Gasteiger partial charge in [0.05, 0.1) is 6.54 Å². The number of likely N-dealkylation sites (tertiary alicyclic amines) is 1. The largest absolute Gasteiger partial charge is 0.338 e. The van der Waals surface area contributed by atoms with Crippen LogP contribution in [0.5, 0.6) is 0 Å². The SMILES string of the molecule is NCC1CCCN1Cc1nc(C2CC2)no1. The van der Waals surface area contributed by atoms with Crippen molar-refractivity contribution in [1.29, 1.82) is 0 Å². The molecule has 0 amide bonds. The number of hydrogen-bond donors (Lipinski definition) is 1. The summed E-state index contributed by atoms with van der Waals surface area (Å²) in [5, 5.41) is 4.03. The Balaban J connectivity index is 1.63. The Kier molecular flexibility index (Phi) is 2.65. The van der Waals surface area contributed by atoms with Gasteiger partial charge in [0.15, 0.2) is 5.82 Å². The van der Waals surface area contributed by atoms with E-state index in [9.17, 15) is 0 Å². The standard InChI is InChI=1S/C11H18N4O/c12-6-9-2-1-5-15(9)7-10-13-11(14-16-10)8-3-4-8/h8-9H,1-7,12H2. The molecule has 0 bridgehead atoms. The minimum atomic E-state index is 0.497. The predicted octanol–water partition coefficient (Wildman–Crippen LogP) is 0.870. The average Bonchev–Trinajstić information content (AvgIpc) is 2.88. The first-order chi connectivity index (χ1) is 7.86. The van der Waals surface area contributed by atoms with Gasteiger partial charge in [0.25, 0.3) is 0 Å². The topological polar surface area (TPSA) is 68.2 Å². The zero-order valence-electron chi connectivity index (χ0n) is 9.43. The van der Waals surface area contributed by atoms with E-state index in [1.807, 2.05) is 0 Å². The molecule has 88 valence electrons. The van der Waals surface area contributed by atoms with Crippen molar-refractivity contribution in [2.24, 2.45) is 5.73 Å². The zero-order valence-corrected chi connectivity index (χ0v) is 9.43. The van der Waals surface area contributed by atoms with Gasteiger partial charge in [-0.1, -0.05) is 5.16 Å². The maximum absolute atomic E-state index is 5.73. The molecule has 1 aromatic rings. The van der Waals surface area contributed by atoms with Gasteiger partial charge in [-0.2, -0.15) is 4.98 Å². The van der Waals surface area contributed by atoms with Crippen LogP contribution in [-0.2, 0) is 6.54 Å². The van der Waals surface area contributed by atoms with E-state index < -0.39 is 0 Å². The van der Waals surface area contributed by atoms with Gasteiger partial charge in [0, 0.05) is 18.5 Å². The molecule has 3 rings (SSSR count). The molecular formula is C11H18N4O. The molecule has 1 unspecified atom stereocenters. The molecule has 1 aromatic heterocycles. The lowest BCUT2D eigenvalue weighted by atomic mass is 10.2. The Morgan fingerprint density at radius 2 is 2.25 bits per heavy atom. The van der Waals surface area contributed by atoms with Crippen LogP contribution < -0.4 is 5.73 Å². The minimum absolute atomic E-state index is 0.497. The Morgan fingerprint density at radius 1 is 1.38 bits per heavy atom.